The number of thioether (sulfide) groups is 1. The molecule has 1 heterocycles. The third-order valence-corrected chi connectivity index (χ3v) is 7.31. The molecule has 2 amide bonds. The summed E-state index contributed by atoms with van der Waals surface area (Å²) in [7, 11) is -3.70. The number of fused-ring (bicyclic) bond motifs is 1. The van der Waals surface area contributed by atoms with Gasteiger partial charge < -0.3 is 10.6 Å². The highest BCUT2D eigenvalue weighted by Crippen LogP contribution is 2.36. The van der Waals surface area contributed by atoms with E-state index in [4.69, 9.17) is 0 Å². The van der Waals surface area contributed by atoms with Crippen LogP contribution in [0.25, 0.3) is 0 Å². The fourth-order valence-corrected chi connectivity index (χ4v) is 4.93. The second kappa shape index (κ2) is 8.38. The molecule has 0 saturated heterocycles. The Morgan fingerprint density at radius 2 is 1.83 bits per heavy atom. The third-order valence-electron chi connectivity index (χ3n) is 4.41. The van der Waals surface area contributed by atoms with Crippen molar-refractivity contribution in [1.82, 2.24) is 0 Å². The van der Waals surface area contributed by atoms with Gasteiger partial charge in [0.1, 0.15) is 0 Å². The topological polar surface area (TPSA) is 109 Å². The largest absolute Gasteiger partial charge is 0.326 e. The number of hydrogen-bond donors (Lipinski definition) is 2. The lowest BCUT2D eigenvalue weighted by Gasteiger charge is -2.21. The second-order valence-corrected chi connectivity index (χ2v) is 10.1. The molecule has 7 nitrogen and oxygen atoms in total. The monoisotopic (exact) mass is 432 g/mol. The lowest BCUT2D eigenvalue weighted by atomic mass is 10.1. The molecule has 2 N–H and O–H groups in total. The smallest absolute Gasteiger partial charge is 0.237 e. The number of sulfone groups is 1. The first-order valence-corrected chi connectivity index (χ1v) is 11.4. The second-order valence-electron chi connectivity index (χ2n) is 6.66. The average Bonchev–Trinajstić information content (AvgIpc) is 2.67. The zero-order chi connectivity index (χ0) is 21.2. The first-order valence-electron chi connectivity index (χ1n) is 8.91. The number of hydrogen-bond acceptors (Lipinski definition) is 6. The van der Waals surface area contributed by atoms with E-state index in [-0.39, 0.29) is 34.0 Å². The van der Waals surface area contributed by atoms with Crippen molar-refractivity contribution in [1.29, 1.82) is 0 Å². The van der Waals surface area contributed by atoms with Crippen LogP contribution in [0.1, 0.15) is 30.6 Å². The number of anilines is 2. The van der Waals surface area contributed by atoms with Gasteiger partial charge >= 0.3 is 0 Å². The summed E-state index contributed by atoms with van der Waals surface area (Å²) >= 11 is 1.37. The molecule has 0 aliphatic carbocycles. The van der Waals surface area contributed by atoms with Crippen molar-refractivity contribution in [2.45, 2.75) is 35.3 Å². The third kappa shape index (κ3) is 5.04. The Morgan fingerprint density at radius 1 is 1.14 bits per heavy atom. The summed E-state index contributed by atoms with van der Waals surface area (Å²) in [5.74, 6) is -1.06. The van der Waals surface area contributed by atoms with Gasteiger partial charge in [-0.05, 0) is 56.3 Å². The van der Waals surface area contributed by atoms with Crippen LogP contribution in [0, 0.1) is 0 Å². The molecular formula is C20H20N2O5S2. The minimum Gasteiger partial charge on any atom is -0.326 e. The molecule has 9 heteroatoms. The van der Waals surface area contributed by atoms with E-state index in [2.05, 4.69) is 10.6 Å². The molecule has 2 aromatic rings. The van der Waals surface area contributed by atoms with Gasteiger partial charge in [0.15, 0.2) is 15.6 Å². The fraction of sp³-hybridized carbons (Fsp3) is 0.250. The van der Waals surface area contributed by atoms with Crippen molar-refractivity contribution in [3.05, 3.63) is 48.0 Å². The number of benzene rings is 2. The molecule has 1 aliphatic heterocycles. The molecule has 0 radical (unpaired) electrons. The first kappa shape index (κ1) is 21.1. The highest BCUT2D eigenvalue weighted by Gasteiger charge is 2.25. The minimum atomic E-state index is -3.70. The SMILES string of the molecule is CC(=O)c1ccc(NC(=O)CCS(=O)(=O)c2ccc3c(c2)NC(=O)[C@H](C)S3)cc1. The molecule has 0 saturated carbocycles. The van der Waals surface area contributed by atoms with Gasteiger partial charge in [-0.25, -0.2) is 8.42 Å². The maximum atomic E-state index is 12.6. The van der Waals surface area contributed by atoms with Crippen LogP contribution in [0.2, 0.25) is 0 Å². The van der Waals surface area contributed by atoms with Crippen molar-refractivity contribution < 1.29 is 22.8 Å². The van der Waals surface area contributed by atoms with E-state index in [1.54, 1.807) is 37.3 Å². The van der Waals surface area contributed by atoms with E-state index in [0.717, 1.165) is 4.90 Å². The van der Waals surface area contributed by atoms with Crippen LogP contribution in [-0.2, 0) is 19.4 Å². The predicted octanol–water partition coefficient (Wildman–Crippen LogP) is 3.12. The van der Waals surface area contributed by atoms with Crippen LogP contribution in [0.3, 0.4) is 0 Å². The first-order chi connectivity index (χ1) is 13.7. The Hall–Kier alpha value is -2.65. The summed E-state index contributed by atoms with van der Waals surface area (Å²) in [6.45, 7) is 3.23. The number of amides is 2. The predicted molar refractivity (Wildman–Crippen MR) is 112 cm³/mol. The van der Waals surface area contributed by atoms with E-state index in [1.807, 2.05) is 0 Å². The summed E-state index contributed by atoms with van der Waals surface area (Å²) in [5.41, 5.74) is 1.48. The molecule has 0 fully saturated rings. The number of carbonyl (C=O) groups excluding carboxylic acids is 3. The maximum absolute atomic E-state index is 12.6. The Bertz CT molecular complexity index is 1080. The van der Waals surface area contributed by atoms with Gasteiger partial charge in [0.25, 0.3) is 0 Å². The van der Waals surface area contributed by atoms with Crippen molar-refractivity contribution in [2.24, 2.45) is 0 Å². The number of nitrogens with one attached hydrogen (secondary N) is 2. The zero-order valence-electron chi connectivity index (χ0n) is 15.9. The van der Waals surface area contributed by atoms with Gasteiger partial charge in [-0.3, -0.25) is 14.4 Å². The van der Waals surface area contributed by atoms with Gasteiger partial charge in [-0.1, -0.05) is 0 Å². The standard InChI is InChI=1S/C20H20N2O5S2/c1-12(23)14-3-5-15(6-4-14)21-19(24)9-10-29(26,27)16-7-8-18-17(11-16)22-20(25)13(2)28-18/h3-8,11,13H,9-10H2,1-2H3,(H,21,24)(H,22,25)/t13-/m0/s1. The number of ketones is 1. The Labute approximate surface area is 173 Å². The zero-order valence-corrected chi connectivity index (χ0v) is 17.5. The molecule has 152 valence electrons. The van der Waals surface area contributed by atoms with Gasteiger partial charge in [-0.2, -0.15) is 0 Å². The van der Waals surface area contributed by atoms with E-state index in [9.17, 15) is 22.8 Å². The molecule has 29 heavy (non-hydrogen) atoms. The van der Waals surface area contributed by atoms with Crippen molar-refractivity contribution >= 4 is 50.6 Å². The molecule has 2 aromatic carbocycles. The van der Waals surface area contributed by atoms with E-state index < -0.39 is 15.7 Å². The van der Waals surface area contributed by atoms with Crippen molar-refractivity contribution in [2.75, 3.05) is 16.4 Å². The Morgan fingerprint density at radius 3 is 2.48 bits per heavy atom. The summed E-state index contributed by atoms with van der Waals surface area (Å²) in [5, 5.41) is 5.08. The number of rotatable bonds is 6. The van der Waals surface area contributed by atoms with Crippen LogP contribution < -0.4 is 10.6 Å². The van der Waals surface area contributed by atoms with Gasteiger partial charge in [0.05, 0.1) is 21.6 Å². The average molecular weight is 433 g/mol. The summed E-state index contributed by atoms with van der Waals surface area (Å²) < 4.78 is 25.2. The van der Waals surface area contributed by atoms with Crippen LogP contribution in [0.5, 0.6) is 0 Å². The fourth-order valence-electron chi connectivity index (χ4n) is 2.74. The molecule has 1 atom stereocenters. The molecule has 0 bridgehead atoms. The van der Waals surface area contributed by atoms with Crippen LogP contribution in [-0.4, -0.2) is 37.0 Å². The van der Waals surface area contributed by atoms with Crippen LogP contribution in [0.15, 0.2) is 52.3 Å². The van der Waals surface area contributed by atoms with Crippen molar-refractivity contribution in [3.63, 3.8) is 0 Å². The molecule has 3 rings (SSSR count). The minimum absolute atomic E-state index is 0.0605. The quantitative estimate of drug-likeness (QED) is 0.679. The Kier molecular flexibility index (Phi) is 6.09. The van der Waals surface area contributed by atoms with E-state index in [0.29, 0.717) is 16.9 Å². The van der Waals surface area contributed by atoms with E-state index in [1.165, 1.54) is 30.8 Å². The number of carbonyl (C=O) groups is 3. The molecule has 0 unspecified atom stereocenters. The maximum Gasteiger partial charge on any atom is 0.237 e. The van der Waals surface area contributed by atoms with Crippen LogP contribution in [0.4, 0.5) is 11.4 Å². The van der Waals surface area contributed by atoms with Gasteiger partial charge in [0, 0.05) is 22.6 Å². The lowest BCUT2D eigenvalue weighted by Crippen LogP contribution is -2.26. The molecular weight excluding hydrogens is 412 g/mol. The van der Waals surface area contributed by atoms with Gasteiger partial charge in [0.2, 0.25) is 11.8 Å². The molecule has 0 spiro atoms. The number of Topliss-reactive ketones (excluding diaryl/α,β-unsaturated/α-hetero) is 1. The summed E-state index contributed by atoms with van der Waals surface area (Å²) in [4.78, 5) is 36.1. The highest BCUT2D eigenvalue weighted by molar-refractivity contribution is 8.01. The van der Waals surface area contributed by atoms with Gasteiger partial charge in [-0.15, -0.1) is 11.8 Å². The van der Waals surface area contributed by atoms with Crippen LogP contribution >= 0.6 is 11.8 Å². The summed E-state index contributed by atoms with van der Waals surface area (Å²) in [6.07, 6.45) is -0.216. The molecule has 0 aromatic heterocycles. The normalized spacial score (nSPS) is 15.9. The van der Waals surface area contributed by atoms with E-state index >= 15 is 0 Å². The molecule has 1 aliphatic rings. The lowest BCUT2D eigenvalue weighted by molar-refractivity contribution is -0.116. The van der Waals surface area contributed by atoms with Crippen molar-refractivity contribution in [3.8, 4) is 0 Å². The summed E-state index contributed by atoms with van der Waals surface area (Å²) in [6, 6.07) is 11.0. The highest BCUT2D eigenvalue weighted by atomic mass is 32.2. The Balaban J connectivity index is 1.64.